The lowest BCUT2D eigenvalue weighted by molar-refractivity contribution is 0.0289. The number of rotatable bonds is 11. The maximum atomic E-state index is 14.0. The third-order valence-electron chi connectivity index (χ3n) is 8.10. The lowest BCUT2D eigenvalue weighted by Gasteiger charge is -2.44. The number of carbonyl (C=O) groups excluding carboxylic acids is 1. The van der Waals surface area contributed by atoms with Crippen molar-refractivity contribution in [2.24, 2.45) is 5.92 Å². The van der Waals surface area contributed by atoms with E-state index < -0.39 is 5.67 Å². The van der Waals surface area contributed by atoms with Crippen molar-refractivity contribution in [3.05, 3.63) is 65.2 Å². The first-order valence-electron chi connectivity index (χ1n) is 15.0. The summed E-state index contributed by atoms with van der Waals surface area (Å²) in [5.74, 6) is 1.20. The largest absolute Gasteiger partial charge is 0.493 e. The summed E-state index contributed by atoms with van der Waals surface area (Å²) in [5, 5.41) is 0. The molecule has 2 aliphatic rings. The highest BCUT2D eigenvalue weighted by Crippen LogP contribution is 2.25. The second-order valence-corrected chi connectivity index (χ2v) is 12.4. The summed E-state index contributed by atoms with van der Waals surface area (Å²) in [6.45, 7) is 17.0. The van der Waals surface area contributed by atoms with Crippen molar-refractivity contribution in [1.29, 1.82) is 0 Å². The van der Waals surface area contributed by atoms with Gasteiger partial charge in [-0.2, -0.15) is 0 Å². The average molecular weight is 554 g/mol. The number of ether oxygens (including phenoxy) is 2. The summed E-state index contributed by atoms with van der Waals surface area (Å²) in [6, 6.07) is 17.2. The molecular weight excluding hydrogens is 505 g/mol. The number of nitrogens with zero attached hydrogens (tertiary/aromatic N) is 3. The van der Waals surface area contributed by atoms with Crippen LogP contribution in [0.15, 0.2) is 48.5 Å². The van der Waals surface area contributed by atoms with Gasteiger partial charge < -0.3 is 14.4 Å². The molecule has 2 aromatic carbocycles. The topological polar surface area (TPSA) is 45.3 Å². The Balaban J connectivity index is 1.24. The molecule has 0 N–H and O–H groups in total. The number of carbonyl (C=O) groups is 1. The zero-order valence-electron chi connectivity index (χ0n) is 25.1. The highest BCUT2D eigenvalue weighted by Gasteiger charge is 2.30. The quantitative estimate of drug-likeness (QED) is 0.328. The molecule has 2 fully saturated rings. The molecule has 0 amide bonds. The van der Waals surface area contributed by atoms with Crippen LogP contribution in [0.1, 0.15) is 68.9 Å². The van der Waals surface area contributed by atoms with E-state index >= 15 is 0 Å². The fourth-order valence-corrected chi connectivity index (χ4v) is 6.13. The molecule has 0 saturated carbocycles. The third-order valence-corrected chi connectivity index (χ3v) is 8.10. The number of likely N-dealkylation sites (tertiary alicyclic amines) is 1. The molecular formula is C33H48FN3O3. The van der Waals surface area contributed by atoms with Gasteiger partial charge in [-0.3, -0.25) is 9.80 Å². The van der Waals surface area contributed by atoms with Crippen LogP contribution in [-0.2, 0) is 17.8 Å². The van der Waals surface area contributed by atoms with Gasteiger partial charge in [-0.1, -0.05) is 24.3 Å². The minimum Gasteiger partial charge on any atom is -0.493 e. The Morgan fingerprint density at radius 1 is 0.950 bits per heavy atom. The van der Waals surface area contributed by atoms with Crippen molar-refractivity contribution in [3.63, 3.8) is 0 Å². The fraction of sp³-hybridized carbons (Fsp3) is 0.606. The molecule has 0 spiro atoms. The molecule has 40 heavy (non-hydrogen) atoms. The molecule has 0 aromatic heterocycles. The Morgan fingerprint density at radius 2 is 1.62 bits per heavy atom. The van der Waals surface area contributed by atoms with Gasteiger partial charge in [0.2, 0.25) is 0 Å². The van der Waals surface area contributed by atoms with E-state index in [9.17, 15) is 9.18 Å². The molecule has 4 rings (SSSR count). The molecule has 0 radical (unpaired) electrons. The first-order valence-corrected chi connectivity index (χ1v) is 15.0. The van der Waals surface area contributed by atoms with Crippen LogP contribution >= 0.6 is 0 Å². The SMILES string of the molecule is CCOC(=O)c1ccc(CN2C[C@@H](C)N(Cc3cccc(OCC4CCN(CC(C)(C)F)CC4)c3)[C@@H](C)C2)cc1. The predicted molar refractivity (Wildman–Crippen MR) is 158 cm³/mol. The van der Waals surface area contributed by atoms with Crippen molar-refractivity contribution in [1.82, 2.24) is 14.7 Å². The maximum Gasteiger partial charge on any atom is 0.338 e. The number of hydrogen-bond acceptors (Lipinski definition) is 6. The number of halogens is 1. The van der Waals surface area contributed by atoms with Gasteiger partial charge in [-0.15, -0.1) is 0 Å². The van der Waals surface area contributed by atoms with Gasteiger partial charge in [0.25, 0.3) is 0 Å². The van der Waals surface area contributed by atoms with E-state index in [1.165, 1.54) is 11.1 Å². The molecule has 220 valence electrons. The molecule has 0 bridgehead atoms. The summed E-state index contributed by atoms with van der Waals surface area (Å²) < 4.78 is 25.3. The minimum atomic E-state index is -1.13. The van der Waals surface area contributed by atoms with Crippen molar-refractivity contribution in [2.45, 2.75) is 78.3 Å². The zero-order valence-corrected chi connectivity index (χ0v) is 25.1. The second-order valence-electron chi connectivity index (χ2n) is 12.4. The van der Waals surface area contributed by atoms with Crippen LogP contribution in [0.2, 0.25) is 0 Å². The van der Waals surface area contributed by atoms with Gasteiger partial charge in [-0.05, 0) is 102 Å². The molecule has 2 aromatic rings. The van der Waals surface area contributed by atoms with E-state index in [0.717, 1.165) is 64.5 Å². The lowest BCUT2D eigenvalue weighted by Crippen LogP contribution is -2.55. The van der Waals surface area contributed by atoms with Gasteiger partial charge in [0.15, 0.2) is 0 Å². The third kappa shape index (κ3) is 9.02. The summed E-state index contributed by atoms with van der Waals surface area (Å²) in [5.41, 5.74) is 1.96. The molecule has 7 heteroatoms. The molecule has 0 unspecified atom stereocenters. The number of piperidine rings is 1. The van der Waals surface area contributed by atoms with E-state index in [-0.39, 0.29) is 5.97 Å². The van der Waals surface area contributed by atoms with Gasteiger partial charge in [0.05, 0.1) is 18.8 Å². The Hall–Kier alpha value is -2.48. The Morgan fingerprint density at radius 3 is 2.25 bits per heavy atom. The molecule has 2 saturated heterocycles. The smallest absolute Gasteiger partial charge is 0.338 e. The fourth-order valence-electron chi connectivity index (χ4n) is 6.13. The van der Waals surface area contributed by atoms with E-state index in [1.807, 2.05) is 31.2 Å². The molecule has 0 aliphatic carbocycles. The van der Waals surface area contributed by atoms with Crippen molar-refractivity contribution in [2.75, 3.05) is 45.9 Å². The highest BCUT2D eigenvalue weighted by molar-refractivity contribution is 5.89. The average Bonchev–Trinajstić information content (AvgIpc) is 2.90. The Bertz CT molecular complexity index is 1070. The number of alkyl halides is 1. The number of hydrogen-bond donors (Lipinski definition) is 0. The van der Waals surface area contributed by atoms with Crippen LogP contribution in [0.5, 0.6) is 5.75 Å². The van der Waals surface area contributed by atoms with Crippen LogP contribution in [0.25, 0.3) is 0 Å². The van der Waals surface area contributed by atoms with Gasteiger partial charge >= 0.3 is 5.97 Å². The van der Waals surface area contributed by atoms with E-state index in [0.29, 0.717) is 36.7 Å². The van der Waals surface area contributed by atoms with E-state index in [4.69, 9.17) is 9.47 Å². The zero-order chi connectivity index (χ0) is 28.7. The molecule has 2 heterocycles. The number of esters is 1. The monoisotopic (exact) mass is 553 g/mol. The minimum absolute atomic E-state index is 0.265. The summed E-state index contributed by atoms with van der Waals surface area (Å²) in [4.78, 5) is 19.3. The highest BCUT2D eigenvalue weighted by atomic mass is 19.1. The number of benzene rings is 2. The van der Waals surface area contributed by atoms with Crippen LogP contribution in [0.3, 0.4) is 0 Å². The standard InChI is InChI=1S/C33H48FN3O3/c1-6-39-32(38)30-12-10-27(11-13-30)21-36-19-25(2)37(26(3)20-36)22-29-8-7-9-31(18-29)40-23-28-14-16-35(17-15-28)24-33(4,5)34/h7-13,18,25-26,28H,6,14-17,19-24H2,1-5H3/t25-,26+. The van der Waals surface area contributed by atoms with Gasteiger partial charge in [0.1, 0.15) is 11.4 Å². The van der Waals surface area contributed by atoms with Crippen LogP contribution in [-0.4, -0.2) is 84.4 Å². The predicted octanol–water partition coefficient (Wildman–Crippen LogP) is 5.80. The first-order chi connectivity index (χ1) is 19.1. The van der Waals surface area contributed by atoms with E-state index in [1.54, 1.807) is 13.8 Å². The molecule has 2 atom stereocenters. The molecule has 6 nitrogen and oxygen atoms in total. The van der Waals surface area contributed by atoms with Crippen molar-refractivity contribution >= 4 is 5.97 Å². The second kappa shape index (κ2) is 13.9. The lowest BCUT2D eigenvalue weighted by atomic mass is 9.97. The van der Waals surface area contributed by atoms with Crippen molar-refractivity contribution in [3.8, 4) is 5.75 Å². The van der Waals surface area contributed by atoms with Crippen LogP contribution < -0.4 is 4.74 Å². The number of piperazine rings is 1. The first kappa shape index (κ1) is 30.5. The van der Waals surface area contributed by atoms with Gasteiger partial charge in [-0.25, -0.2) is 9.18 Å². The maximum absolute atomic E-state index is 14.0. The van der Waals surface area contributed by atoms with Gasteiger partial charge in [0, 0.05) is 44.8 Å². The van der Waals surface area contributed by atoms with Crippen LogP contribution in [0.4, 0.5) is 4.39 Å². The molecule has 2 aliphatic heterocycles. The summed E-state index contributed by atoms with van der Waals surface area (Å²) >= 11 is 0. The normalized spacial score (nSPS) is 21.9. The summed E-state index contributed by atoms with van der Waals surface area (Å²) in [7, 11) is 0. The van der Waals surface area contributed by atoms with Crippen LogP contribution in [0, 0.1) is 5.92 Å². The van der Waals surface area contributed by atoms with Crippen molar-refractivity contribution < 1.29 is 18.7 Å². The summed E-state index contributed by atoms with van der Waals surface area (Å²) in [6.07, 6.45) is 2.12. The Kier molecular flexibility index (Phi) is 10.6. The Labute approximate surface area is 240 Å². The van der Waals surface area contributed by atoms with E-state index in [2.05, 4.69) is 52.8 Å².